The SMILES string of the molecule is C/C(=N\OC(=O)N(C)CC1NCCC1(C)C)[C@H]1CC[C@H]2[C@@H]3CC[C@@H]4CC(=O)CC[C@]4(C)[C@H]3CC[C@]12C. The third kappa shape index (κ3) is 4.33. The van der Waals surface area contributed by atoms with Crippen LogP contribution in [0.5, 0.6) is 0 Å². The molecule has 8 atom stereocenters. The highest BCUT2D eigenvalue weighted by Crippen LogP contribution is 2.67. The molecule has 0 aromatic heterocycles. The van der Waals surface area contributed by atoms with E-state index in [1.54, 1.807) is 4.90 Å². The standard InChI is InChI=1S/C30H49N3O3/c1-19(32-36-27(35)33(6)18-26-28(2,3)15-16-31-26)23-9-10-24-22-8-7-20-17-21(34)11-13-29(20,4)25(22)12-14-30(23,24)5/h20,22-26,31H,7-18H2,1-6H3/b32-19+/t20-,22+,23-,24+,25+,26?,29+,30-/m1/s1. The second-order valence-electron chi connectivity index (χ2n) is 14.3. The van der Waals surface area contributed by atoms with E-state index in [1.807, 2.05) is 7.05 Å². The fourth-order valence-electron chi connectivity index (χ4n) is 9.66. The predicted octanol–water partition coefficient (Wildman–Crippen LogP) is 6.05. The van der Waals surface area contributed by atoms with Crippen molar-refractivity contribution in [1.29, 1.82) is 0 Å². The number of Topliss-reactive ketones (excluding diaryl/α,β-unsaturated/α-hetero) is 1. The first-order chi connectivity index (χ1) is 17.0. The van der Waals surface area contributed by atoms with E-state index in [4.69, 9.17) is 4.84 Å². The third-order valence-corrected chi connectivity index (χ3v) is 12.1. The van der Waals surface area contributed by atoms with Gasteiger partial charge >= 0.3 is 6.09 Å². The Morgan fingerprint density at radius 3 is 2.50 bits per heavy atom. The Morgan fingerprint density at radius 2 is 1.78 bits per heavy atom. The highest BCUT2D eigenvalue weighted by atomic mass is 16.7. The fourth-order valence-corrected chi connectivity index (χ4v) is 9.66. The zero-order valence-electron chi connectivity index (χ0n) is 23.6. The van der Waals surface area contributed by atoms with Gasteiger partial charge in [-0.3, -0.25) is 9.63 Å². The molecule has 0 radical (unpaired) electrons. The Kier molecular flexibility index (Phi) is 6.83. The largest absolute Gasteiger partial charge is 0.435 e. The number of hydrogen-bond acceptors (Lipinski definition) is 5. The number of carbonyl (C=O) groups is 2. The van der Waals surface area contributed by atoms with Crippen LogP contribution in [0.3, 0.4) is 0 Å². The maximum atomic E-state index is 12.7. The first-order valence-electron chi connectivity index (χ1n) is 14.7. The Morgan fingerprint density at radius 1 is 1.03 bits per heavy atom. The first kappa shape index (κ1) is 26.2. The summed E-state index contributed by atoms with van der Waals surface area (Å²) in [5.41, 5.74) is 1.76. The number of ketones is 1. The molecule has 0 bridgehead atoms. The molecule has 5 aliphatic rings. The lowest BCUT2D eigenvalue weighted by Crippen LogP contribution is -2.53. The van der Waals surface area contributed by atoms with E-state index in [0.717, 1.165) is 62.1 Å². The van der Waals surface area contributed by atoms with Crippen molar-refractivity contribution in [3.63, 3.8) is 0 Å². The topological polar surface area (TPSA) is 71.0 Å². The van der Waals surface area contributed by atoms with Gasteiger partial charge in [-0.1, -0.05) is 32.9 Å². The lowest BCUT2D eigenvalue weighted by atomic mass is 9.44. The van der Waals surface area contributed by atoms with Crippen LogP contribution in [-0.2, 0) is 9.63 Å². The number of carbonyl (C=O) groups excluding carboxylic acids is 2. The number of nitrogens with zero attached hydrogens (tertiary/aromatic N) is 2. The molecule has 4 saturated carbocycles. The molecule has 0 aromatic rings. The Labute approximate surface area is 218 Å². The van der Waals surface area contributed by atoms with Crippen molar-refractivity contribution in [2.24, 2.45) is 51.0 Å². The maximum absolute atomic E-state index is 12.7. The number of hydrogen-bond donors (Lipinski definition) is 1. The van der Waals surface area contributed by atoms with Gasteiger partial charge in [0.05, 0.1) is 5.71 Å². The fraction of sp³-hybridized carbons (Fsp3) is 0.900. The van der Waals surface area contributed by atoms with Gasteiger partial charge < -0.3 is 10.2 Å². The van der Waals surface area contributed by atoms with Gasteiger partial charge in [0.1, 0.15) is 5.78 Å². The molecule has 6 nitrogen and oxygen atoms in total. The second kappa shape index (κ2) is 9.39. The van der Waals surface area contributed by atoms with E-state index >= 15 is 0 Å². The van der Waals surface area contributed by atoms with E-state index in [9.17, 15) is 9.59 Å². The van der Waals surface area contributed by atoms with Crippen LogP contribution < -0.4 is 5.32 Å². The minimum absolute atomic E-state index is 0.184. The number of nitrogens with one attached hydrogen (secondary N) is 1. The van der Waals surface area contributed by atoms with Gasteiger partial charge in [0.25, 0.3) is 0 Å². The van der Waals surface area contributed by atoms with Gasteiger partial charge in [-0.05, 0) is 105 Å². The monoisotopic (exact) mass is 499 g/mol. The normalized spacial score (nSPS) is 43.9. The molecule has 1 amide bonds. The molecular formula is C30H49N3O3. The summed E-state index contributed by atoms with van der Waals surface area (Å²) in [4.78, 5) is 32.1. The Hall–Kier alpha value is -1.43. The van der Waals surface area contributed by atoms with Crippen LogP contribution in [0.2, 0.25) is 0 Å². The van der Waals surface area contributed by atoms with Crippen LogP contribution in [0, 0.1) is 45.8 Å². The summed E-state index contributed by atoms with van der Waals surface area (Å²) in [6.07, 6.45) is 10.9. The summed E-state index contributed by atoms with van der Waals surface area (Å²) < 4.78 is 0. The van der Waals surface area contributed by atoms with Crippen LogP contribution in [0.15, 0.2) is 5.16 Å². The van der Waals surface area contributed by atoms with E-state index in [1.165, 1.54) is 32.1 Å². The summed E-state index contributed by atoms with van der Waals surface area (Å²) in [5.74, 6) is 3.73. The lowest BCUT2D eigenvalue weighted by molar-refractivity contribution is -0.138. The summed E-state index contributed by atoms with van der Waals surface area (Å²) in [7, 11) is 1.81. The number of oxime groups is 1. The number of fused-ring (bicyclic) bond motifs is 5. The average Bonchev–Trinajstić information content (AvgIpc) is 3.35. The smallest absolute Gasteiger partial charge is 0.312 e. The Bertz CT molecular complexity index is 915. The summed E-state index contributed by atoms with van der Waals surface area (Å²) in [6, 6.07) is 0.282. The van der Waals surface area contributed by atoms with Crippen LogP contribution in [0.25, 0.3) is 0 Å². The molecule has 1 heterocycles. The molecule has 4 aliphatic carbocycles. The van der Waals surface area contributed by atoms with Crippen molar-refractivity contribution in [1.82, 2.24) is 10.2 Å². The molecule has 36 heavy (non-hydrogen) atoms. The minimum Gasteiger partial charge on any atom is -0.312 e. The van der Waals surface area contributed by atoms with Gasteiger partial charge in [-0.25, -0.2) is 4.79 Å². The lowest BCUT2D eigenvalue weighted by Gasteiger charge is -2.60. The second-order valence-corrected chi connectivity index (χ2v) is 14.3. The molecule has 1 unspecified atom stereocenters. The third-order valence-electron chi connectivity index (χ3n) is 12.1. The number of likely N-dealkylation sites (N-methyl/N-ethyl adjacent to an activating group) is 1. The van der Waals surface area contributed by atoms with Gasteiger partial charge in [-0.2, -0.15) is 0 Å². The van der Waals surface area contributed by atoms with Gasteiger partial charge in [-0.15, -0.1) is 0 Å². The molecule has 0 spiro atoms. The molecule has 1 N–H and O–H groups in total. The Balaban J connectivity index is 1.23. The number of amides is 1. The van der Waals surface area contributed by atoms with E-state index in [-0.39, 0.29) is 23.0 Å². The highest BCUT2D eigenvalue weighted by Gasteiger charge is 2.60. The first-order valence-corrected chi connectivity index (χ1v) is 14.7. The van der Waals surface area contributed by atoms with Gasteiger partial charge in [0.15, 0.2) is 0 Å². The molecule has 5 rings (SSSR count). The molecule has 202 valence electrons. The minimum atomic E-state index is -0.361. The highest BCUT2D eigenvalue weighted by molar-refractivity contribution is 5.85. The van der Waals surface area contributed by atoms with Crippen LogP contribution in [0.4, 0.5) is 4.79 Å². The summed E-state index contributed by atoms with van der Waals surface area (Å²) in [5, 5.41) is 7.95. The van der Waals surface area contributed by atoms with Gasteiger partial charge in [0, 0.05) is 38.4 Å². The van der Waals surface area contributed by atoms with E-state index in [2.05, 4.69) is 45.1 Å². The predicted molar refractivity (Wildman–Crippen MR) is 143 cm³/mol. The van der Waals surface area contributed by atoms with Crippen molar-refractivity contribution in [3.05, 3.63) is 0 Å². The molecule has 1 saturated heterocycles. The molecule has 0 aromatic carbocycles. The maximum Gasteiger partial charge on any atom is 0.435 e. The average molecular weight is 500 g/mol. The molecule has 1 aliphatic heterocycles. The van der Waals surface area contributed by atoms with Crippen molar-refractivity contribution in [2.45, 2.75) is 105 Å². The van der Waals surface area contributed by atoms with Crippen molar-refractivity contribution >= 4 is 17.6 Å². The van der Waals surface area contributed by atoms with Crippen molar-refractivity contribution in [3.8, 4) is 0 Å². The quantitative estimate of drug-likeness (QED) is 0.290. The molecule has 6 heteroatoms. The van der Waals surface area contributed by atoms with Gasteiger partial charge in [0.2, 0.25) is 0 Å². The molecular weight excluding hydrogens is 450 g/mol. The number of rotatable bonds is 4. The van der Waals surface area contributed by atoms with E-state index in [0.29, 0.717) is 29.6 Å². The summed E-state index contributed by atoms with van der Waals surface area (Å²) in [6.45, 7) is 13.2. The van der Waals surface area contributed by atoms with Crippen molar-refractivity contribution < 1.29 is 14.4 Å². The van der Waals surface area contributed by atoms with Crippen LogP contribution in [-0.4, -0.2) is 48.7 Å². The van der Waals surface area contributed by atoms with Crippen molar-refractivity contribution in [2.75, 3.05) is 20.1 Å². The molecule has 5 fully saturated rings. The van der Waals surface area contributed by atoms with E-state index < -0.39 is 0 Å². The zero-order valence-corrected chi connectivity index (χ0v) is 23.6. The summed E-state index contributed by atoms with van der Waals surface area (Å²) >= 11 is 0. The zero-order chi connectivity index (χ0) is 25.9. The van der Waals surface area contributed by atoms with Crippen LogP contribution >= 0.6 is 0 Å². The van der Waals surface area contributed by atoms with Crippen LogP contribution in [0.1, 0.15) is 98.8 Å².